The Hall–Kier alpha value is -2.35. The zero-order valence-electron chi connectivity index (χ0n) is 15.8. The van der Waals surface area contributed by atoms with Gasteiger partial charge in [0.2, 0.25) is 5.91 Å². The van der Waals surface area contributed by atoms with Crippen molar-refractivity contribution in [3.05, 3.63) is 71.8 Å². The molecule has 0 aliphatic carbocycles. The topological polar surface area (TPSA) is 47.3 Å². The van der Waals surface area contributed by atoms with E-state index in [-0.39, 0.29) is 24.2 Å². The summed E-state index contributed by atoms with van der Waals surface area (Å²) >= 11 is 0. The zero-order chi connectivity index (χ0) is 18.6. The van der Waals surface area contributed by atoms with E-state index in [1.165, 1.54) is 0 Å². The van der Waals surface area contributed by atoms with Crippen LogP contribution in [0.4, 0.5) is 0 Å². The summed E-state index contributed by atoms with van der Waals surface area (Å²) in [6.07, 6.45) is 1.26. The molecule has 0 bridgehead atoms. The third-order valence-corrected chi connectivity index (χ3v) is 5.24. The Kier molecular flexibility index (Phi) is 7.01. The molecule has 0 aromatic heterocycles. The lowest BCUT2D eigenvalue weighted by atomic mass is 9.72. The van der Waals surface area contributed by atoms with Gasteiger partial charge in [0.25, 0.3) is 0 Å². The fraction of sp³-hybridized carbons (Fsp3) is 0.364. The Morgan fingerprint density at radius 1 is 1.11 bits per heavy atom. The molecule has 5 heteroatoms. The van der Waals surface area contributed by atoms with E-state index in [0.29, 0.717) is 19.5 Å². The highest BCUT2D eigenvalue weighted by Gasteiger charge is 2.52. The van der Waals surface area contributed by atoms with E-state index in [0.717, 1.165) is 17.5 Å². The van der Waals surface area contributed by atoms with Gasteiger partial charge in [0.05, 0.1) is 18.2 Å². The highest BCUT2D eigenvalue weighted by atomic mass is 35.5. The third kappa shape index (κ3) is 3.85. The molecule has 0 radical (unpaired) electrons. The van der Waals surface area contributed by atoms with Crippen molar-refractivity contribution in [3.8, 4) is 6.07 Å². The van der Waals surface area contributed by atoms with Gasteiger partial charge in [-0.3, -0.25) is 4.79 Å². The van der Waals surface area contributed by atoms with Crippen LogP contribution in [0, 0.1) is 17.2 Å². The van der Waals surface area contributed by atoms with Gasteiger partial charge in [-0.15, -0.1) is 12.4 Å². The minimum absolute atomic E-state index is 0. The van der Waals surface area contributed by atoms with E-state index in [9.17, 15) is 10.1 Å². The molecule has 1 fully saturated rings. The summed E-state index contributed by atoms with van der Waals surface area (Å²) in [5.74, 6) is 0.173. The van der Waals surface area contributed by atoms with Crippen LogP contribution in [-0.4, -0.2) is 42.9 Å². The summed E-state index contributed by atoms with van der Waals surface area (Å²) in [6, 6.07) is 22.7. The van der Waals surface area contributed by atoms with Crippen molar-refractivity contribution < 1.29 is 4.79 Å². The average molecular weight is 384 g/mol. The Balaban J connectivity index is 0.00000261. The van der Waals surface area contributed by atoms with Crippen LogP contribution in [0.5, 0.6) is 0 Å². The second-order valence-electron chi connectivity index (χ2n) is 7.13. The second kappa shape index (κ2) is 9.03. The summed E-state index contributed by atoms with van der Waals surface area (Å²) in [5.41, 5.74) is 1.57. The minimum Gasteiger partial charge on any atom is -0.327 e. The standard InChI is InChI=1S/C22H25N3O.ClH/c1-24(2)17-21(26)25-16-14-20(13-15-23)22(25,18-9-5-3-6-10-18)19-11-7-4-8-12-19;/h3-12,20H,13-14,16-17H2,1-2H3;1H. The molecule has 2 aromatic rings. The summed E-state index contributed by atoms with van der Waals surface area (Å²) in [5, 5.41) is 9.46. The molecule has 1 atom stereocenters. The van der Waals surface area contributed by atoms with Crippen molar-refractivity contribution in [1.82, 2.24) is 9.80 Å². The fourth-order valence-electron chi connectivity index (χ4n) is 4.26. The van der Waals surface area contributed by atoms with Crippen LogP contribution in [0.15, 0.2) is 60.7 Å². The van der Waals surface area contributed by atoms with Crippen molar-refractivity contribution in [3.63, 3.8) is 0 Å². The summed E-state index contributed by atoms with van der Waals surface area (Å²) in [7, 11) is 3.82. The number of hydrogen-bond donors (Lipinski definition) is 0. The Labute approximate surface area is 167 Å². The van der Waals surface area contributed by atoms with Gasteiger partial charge in [0, 0.05) is 18.9 Å². The smallest absolute Gasteiger partial charge is 0.237 e. The maximum Gasteiger partial charge on any atom is 0.237 e. The summed E-state index contributed by atoms with van der Waals surface area (Å²) in [4.78, 5) is 17.1. The van der Waals surface area contributed by atoms with Gasteiger partial charge in [-0.05, 0) is 31.6 Å². The normalized spacial score (nSPS) is 18.0. The maximum absolute atomic E-state index is 13.2. The third-order valence-electron chi connectivity index (χ3n) is 5.24. The lowest BCUT2D eigenvalue weighted by Gasteiger charge is -2.43. The molecule has 0 saturated carbocycles. The number of benzene rings is 2. The van der Waals surface area contributed by atoms with Crippen LogP contribution in [-0.2, 0) is 10.3 Å². The number of halogens is 1. The van der Waals surface area contributed by atoms with Crippen LogP contribution in [0.2, 0.25) is 0 Å². The molecule has 1 aliphatic rings. The number of hydrogen-bond acceptors (Lipinski definition) is 3. The lowest BCUT2D eigenvalue weighted by molar-refractivity contribution is -0.135. The Bertz CT molecular complexity index is 747. The van der Waals surface area contributed by atoms with Crippen LogP contribution in [0.3, 0.4) is 0 Å². The molecular formula is C22H26ClN3O. The molecule has 2 aromatic carbocycles. The first-order chi connectivity index (χ1) is 12.6. The number of nitrogens with zero attached hydrogens (tertiary/aromatic N) is 3. The van der Waals surface area contributed by atoms with E-state index in [1.54, 1.807) is 0 Å². The van der Waals surface area contributed by atoms with Crippen molar-refractivity contribution >= 4 is 18.3 Å². The van der Waals surface area contributed by atoms with E-state index in [1.807, 2.05) is 60.3 Å². The van der Waals surface area contributed by atoms with Gasteiger partial charge >= 0.3 is 0 Å². The van der Waals surface area contributed by atoms with Gasteiger partial charge < -0.3 is 9.80 Å². The number of amides is 1. The highest BCUT2D eigenvalue weighted by Crippen LogP contribution is 2.49. The number of carbonyl (C=O) groups excluding carboxylic acids is 1. The first-order valence-electron chi connectivity index (χ1n) is 9.04. The SMILES string of the molecule is CN(C)CC(=O)N1CCC(CC#N)C1(c1ccccc1)c1ccccc1.Cl. The largest absolute Gasteiger partial charge is 0.327 e. The van der Waals surface area contributed by atoms with Gasteiger partial charge in [-0.1, -0.05) is 60.7 Å². The lowest BCUT2D eigenvalue weighted by Crippen LogP contribution is -2.51. The number of likely N-dealkylation sites (tertiary alicyclic amines) is 1. The highest BCUT2D eigenvalue weighted by molar-refractivity contribution is 5.85. The Morgan fingerprint density at radius 2 is 1.63 bits per heavy atom. The predicted molar refractivity (Wildman–Crippen MR) is 110 cm³/mol. The fourth-order valence-corrected chi connectivity index (χ4v) is 4.26. The van der Waals surface area contributed by atoms with Gasteiger partial charge in [0.15, 0.2) is 0 Å². The molecule has 1 aliphatic heterocycles. The van der Waals surface area contributed by atoms with E-state index < -0.39 is 5.54 Å². The van der Waals surface area contributed by atoms with Crippen LogP contribution in [0.25, 0.3) is 0 Å². The van der Waals surface area contributed by atoms with E-state index >= 15 is 0 Å². The van der Waals surface area contributed by atoms with Crippen molar-refractivity contribution in [2.45, 2.75) is 18.4 Å². The molecule has 1 amide bonds. The van der Waals surface area contributed by atoms with E-state index in [2.05, 4.69) is 30.3 Å². The first-order valence-corrected chi connectivity index (χ1v) is 9.04. The molecule has 27 heavy (non-hydrogen) atoms. The molecular weight excluding hydrogens is 358 g/mol. The second-order valence-corrected chi connectivity index (χ2v) is 7.13. The van der Waals surface area contributed by atoms with E-state index in [4.69, 9.17) is 0 Å². The number of nitriles is 1. The van der Waals surface area contributed by atoms with Crippen molar-refractivity contribution in [2.75, 3.05) is 27.2 Å². The molecule has 1 heterocycles. The maximum atomic E-state index is 13.2. The molecule has 3 rings (SSSR count). The molecule has 1 saturated heterocycles. The van der Waals surface area contributed by atoms with Crippen LogP contribution >= 0.6 is 12.4 Å². The summed E-state index contributed by atoms with van der Waals surface area (Å²) < 4.78 is 0. The number of carbonyl (C=O) groups is 1. The molecule has 142 valence electrons. The van der Waals surface area contributed by atoms with Gasteiger partial charge in [0.1, 0.15) is 0 Å². The van der Waals surface area contributed by atoms with Crippen LogP contribution in [0.1, 0.15) is 24.0 Å². The molecule has 1 unspecified atom stereocenters. The van der Waals surface area contributed by atoms with Crippen LogP contribution < -0.4 is 0 Å². The average Bonchev–Trinajstić information content (AvgIpc) is 3.03. The van der Waals surface area contributed by atoms with Crippen molar-refractivity contribution in [2.24, 2.45) is 5.92 Å². The Morgan fingerprint density at radius 3 is 2.07 bits per heavy atom. The van der Waals surface area contributed by atoms with Gasteiger partial charge in [-0.25, -0.2) is 0 Å². The monoisotopic (exact) mass is 383 g/mol. The zero-order valence-corrected chi connectivity index (χ0v) is 16.7. The number of likely N-dealkylation sites (N-methyl/N-ethyl adjacent to an activating group) is 1. The minimum atomic E-state index is -0.592. The molecule has 4 nitrogen and oxygen atoms in total. The van der Waals surface area contributed by atoms with Crippen molar-refractivity contribution in [1.29, 1.82) is 5.26 Å². The number of rotatable bonds is 5. The predicted octanol–water partition coefficient (Wildman–Crippen LogP) is 3.68. The van der Waals surface area contributed by atoms with Gasteiger partial charge in [-0.2, -0.15) is 5.26 Å². The molecule has 0 N–H and O–H groups in total. The summed E-state index contributed by atoms with van der Waals surface area (Å²) in [6.45, 7) is 1.03. The molecule has 0 spiro atoms. The first kappa shape index (κ1) is 21.0. The quantitative estimate of drug-likeness (QED) is 0.791.